The maximum absolute atomic E-state index is 12.7. The largest absolute Gasteiger partial charge is 0.480 e. The molecule has 51 heavy (non-hydrogen) atoms. The molecule has 0 aliphatic heterocycles. The molecule has 7 heteroatoms. The van der Waals surface area contributed by atoms with Gasteiger partial charge < -0.3 is 20.9 Å². The number of allylic oxidation sites excluding steroid dienone is 9. The molecule has 2 unspecified atom stereocenters. The zero-order valence-electron chi connectivity index (χ0n) is 32.7. The Morgan fingerprint density at radius 2 is 1.14 bits per heavy atom. The van der Waals surface area contributed by atoms with Gasteiger partial charge in [0.1, 0.15) is 12.1 Å². The number of unbranched alkanes of at least 4 members (excludes halogenated alkanes) is 14. The van der Waals surface area contributed by atoms with Crippen molar-refractivity contribution in [2.45, 2.75) is 193 Å². The average molecular weight is 713 g/mol. The number of hydrogen-bond donors (Lipinski definition) is 3. The maximum atomic E-state index is 12.7. The third-order valence-corrected chi connectivity index (χ3v) is 8.80. The van der Waals surface area contributed by atoms with E-state index in [0.717, 1.165) is 89.9 Å². The minimum atomic E-state index is -1.02. The van der Waals surface area contributed by atoms with Gasteiger partial charge in [0.25, 0.3) is 0 Å². The minimum absolute atomic E-state index is 0.112. The smallest absolute Gasteiger partial charge is 0.326 e. The number of nitrogens with two attached hydrogens (primary N) is 1. The standard InChI is InChI=1S/C44H76N2O5/c1-3-5-7-9-11-13-14-15-16-17-18-19-20-22-24-26-32-38-43(48)51-40(34-29-25-23-21-12-10-8-6-4-2)35-30-27-28-31-37-42(47)46-41(44(49)50)36-33-39-45/h5,7,11,13,15-16,18-19,29,34,40-41H,3-4,6,8-10,12,14,17,20-28,30-33,35-39,45H2,1-2H3,(H,46,47)(H,49,50)/b7-5-,13-11-,16-15-,19-18-,34-29-. The summed E-state index contributed by atoms with van der Waals surface area (Å²) < 4.78 is 5.92. The molecule has 0 rings (SSSR count). The number of nitrogens with one attached hydrogen (secondary N) is 1. The maximum Gasteiger partial charge on any atom is 0.326 e. The number of carboxylic acids is 1. The fraction of sp³-hybridized carbons (Fsp3) is 0.705. The first-order valence-corrected chi connectivity index (χ1v) is 20.6. The van der Waals surface area contributed by atoms with Crippen molar-refractivity contribution >= 4 is 17.8 Å². The highest BCUT2D eigenvalue weighted by Crippen LogP contribution is 2.15. The Morgan fingerprint density at radius 1 is 0.608 bits per heavy atom. The molecule has 0 aliphatic rings. The van der Waals surface area contributed by atoms with Crippen molar-refractivity contribution < 1.29 is 24.2 Å². The molecule has 4 N–H and O–H groups in total. The van der Waals surface area contributed by atoms with Crippen LogP contribution >= 0.6 is 0 Å². The van der Waals surface area contributed by atoms with E-state index in [9.17, 15) is 19.5 Å². The number of amides is 1. The molecular formula is C44H76N2O5. The Labute approximate surface area is 312 Å². The predicted molar refractivity (Wildman–Crippen MR) is 216 cm³/mol. The summed E-state index contributed by atoms with van der Waals surface area (Å²) in [5.41, 5.74) is 5.48. The van der Waals surface area contributed by atoms with Crippen molar-refractivity contribution in [3.8, 4) is 0 Å². The molecule has 0 spiro atoms. The Morgan fingerprint density at radius 3 is 1.75 bits per heavy atom. The van der Waals surface area contributed by atoms with Crippen molar-refractivity contribution in [3.05, 3.63) is 60.8 Å². The topological polar surface area (TPSA) is 119 Å². The van der Waals surface area contributed by atoms with E-state index in [2.05, 4.69) is 79.9 Å². The molecule has 292 valence electrons. The second-order valence-corrected chi connectivity index (χ2v) is 13.7. The van der Waals surface area contributed by atoms with Crippen LogP contribution in [0.4, 0.5) is 0 Å². The average Bonchev–Trinajstić information content (AvgIpc) is 3.11. The van der Waals surface area contributed by atoms with E-state index in [-0.39, 0.29) is 18.0 Å². The molecule has 0 aliphatic carbocycles. The van der Waals surface area contributed by atoms with E-state index < -0.39 is 12.0 Å². The lowest BCUT2D eigenvalue weighted by molar-refractivity contribution is -0.147. The first kappa shape index (κ1) is 48.1. The van der Waals surface area contributed by atoms with Crippen LogP contribution in [0, 0.1) is 0 Å². The van der Waals surface area contributed by atoms with Gasteiger partial charge >= 0.3 is 11.9 Å². The highest BCUT2D eigenvalue weighted by atomic mass is 16.5. The number of rotatable bonds is 36. The van der Waals surface area contributed by atoms with Crippen molar-refractivity contribution in [2.75, 3.05) is 6.54 Å². The number of carbonyl (C=O) groups excluding carboxylic acids is 2. The van der Waals surface area contributed by atoms with Gasteiger partial charge in [0.05, 0.1) is 0 Å². The van der Waals surface area contributed by atoms with E-state index in [0.29, 0.717) is 38.6 Å². The summed E-state index contributed by atoms with van der Waals surface area (Å²) in [6, 6.07) is -0.875. The molecule has 0 saturated heterocycles. The molecular weight excluding hydrogens is 636 g/mol. The fourth-order valence-corrected chi connectivity index (χ4v) is 5.70. The fourth-order valence-electron chi connectivity index (χ4n) is 5.70. The number of ether oxygens (including phenoxy) is 1. The number of esters is 1. The van der Waals surface area contributed by atoms with Crippen LogP contribution < -0.4 is 11.1 Å². The Bertz CT molecular complexity index is 984. The first-order chi connectivity index (χ1) is 24.9. The third kappa shape index (κ3) is 35.3. The number of aliphatic carboxylic acids is 1. The third-order valence-electron chi connectivity index (χ3n) is 8.80. The summed E-state index contributed by atoms with van der Waals surface area (Å²) in [6.07, 6.45) is 47.0. The van der Waals surface area contributed by atoms with Crippen LogP contribution in [0.1, 0.15) is 181 Å². The van der Waals surface area contributed by atoms with E-state index in [1.807, 2.05) is 0 Å². The zero-order chi connectivity index (χ0) is 37.5. The molecule has 1 amide bonds. The second-order valence-electron chi connectivity index (χ2n) is 13.7. The molecule has 0 aromatic carbocycles. The van der Waals surface area contributed by atoms with Crippen LogP contribution in [0.15, 0.2) is 60.8 Å². The summed E-state index contributed by atoms with van der Waals surface area (Å²) >= 11 is 0. The summed E-state index contributed by atoms with van der Waals surface area (Å²) in [5.74, 6) is -1.36. The van der Waals surface area contributed by atoms with Gasteiger partial charge in [-0.2, -0.15) is 0 Å². The molecule has 2 atom stereocenters. The van der Waals surface area contributed by atoms with Gasteiger partial charge in [0.2, 0.25) is 5.91 Å². The van der Waals surface area contributed by atoms with E-state index in [4.69, 9.17) is 10.5 Å². The highest BCUT2D eigenvalue weighted by molar-refractivity contribution is 5.83. The van der Waals surface area contributed by atoms with Crippen LogP contribution in [0.2, 0.25) is 0 Å². The summed E-state index contributed by atoms with van der Waals surface area (Å²) in [7, 11) is 0. The SMILES string of the molecule is CC/C=C\C/C=C\C/C=C\C/C=C\CCCCCCC(=O)OC(/C=C\CCCCCCCCC)CCCCCCC(=O)NC(CCCN)C(=O)O. The summed E-state index contributed by atoms with van der Waals surface area (Å²) in [5, 5.41) is 11.9. The lowest BCUT2D eigenvalue weighted by Crippen LogP contribution is -2.40. The Hall–Kier alpha value is -2.93. The van der Waals surface area contributed by atoms with Gasteiger partial charge in [-0.3, -0.25) is 9.59 Å². The summed E-state index contributed by atoms with van der Waals surface area (Å²) in [4.78, 5) is 36.3. The van der Waals surface area contributed by atoms with Gasteiger partial charge in [0.15, 0.2) is 0 Å². The Kier molecular flexibility index (Phi) is 36.1. The van der Waals surface area contributed by atoms with Gasteiger partial charge in [-0.15, -0.1) is 0 Å². The molecule has 0 aromatic rings. The molecule has 0 saturated carbocycles. The lowest BCUT2D eigenvalue weighted by atomic mass is 10.1. The monoisotopic (exact) mass is 713 g/mol. The molecule has 0 bridgehead atoms. The van der Waals surface area contributed by atoms with Crippen LogP contribution in [0.5, 0.6) is 0 Å². The van der Waals surface area contributed by atoms with Crippen LogP contribution in [-0.4, -0.2) is 41.6 Å². The first-order valence-electron chi connectivity index (χ1n) is 20.6. The van der Waals surface area contributed by atoms with Gasteiger partial charge in [-0.25, -0.2) is 4.79 Å². The number of hydrogen-bond acceptors (Lipinski definition) is 5. The van der Waals surface area contributed by atoms with Crippen LogP contribution in [-0.2, 0) is 19.1 Å². The van der Waals surface area contributed by atoms with E-state index >= 15 is 0 Å². The van der Waals surface area contributed by atoms with Crippen LogP contribution in [0.25, 0.3) is 0 Å². The normalized spacial score (nSPS) is 13.3. The molecule has 0 fully saturated rings. The van der Waals surface area contributed by atoms with Gasteiger partial charge in [-0.1, -0.05) is 133 Å². The van der Waals surface area contributed by atoms with Crippen molar-refractivity contribution in [1.29, 1.82) is 0 Å². The van der Waals surface area contributed by atoms with Crippen LogP contribution in [0.3, 0.4) is 0 Å². The van der Waals surface area contributed by atoms with Gasteiger partial charge in [0, 0.05) is 12.8 Å². The van der Waals surface area contributed by atoms with E-state index in [1.165, 1.54) is 44.9 Å². The second kappa shape index (κ2) is 38.3. The Balaban J connectivity index is 4.38. The number of carboxylic acid groups (broad SMARTS) is 1. The number of carbonyl (C=O) groups is 3. The molecule has 0 radical (unpaired) electrons. The quantitative estimate of drug-likeness (QED) is 0.0338. The lowest BCUT2D eigenvalue weighted by Gasteiger charge is -2.15. The summed E-state index contributed by atoms with van der Waals surface area (Å²) in [6.45, 7) is 4.80. The highest BCUT2D eigenvalue weighted by Gasteiger charge is 2.19. The molecule has 0 heterocycles. The van der Waals surface area contributed by atoms with Crippen molar-refractivity contribution in [2.24, 2.45) is 5.73 Å². The minimum Gasteiger partial charge on any atom is -0.480 e. The molecule has 7 nitrogen and oxygen atoms in total. The van der Waals surface area contributed by atoms with E-state index in [1.54, 1.807) is 0 Å². The van der Waals surface area contributed by atoms with Crippen molar-refractivity contribution in [1.82, 2.24) is 5.32 Å². The van der Waals surface area contributed by atoms with Crippen molar-refractivity contribution in [3.63, 3.8) is 0 Å². The zero-order valence-corrected chi connectivity index (χ0v) is 32.7. The predicted octanol–water partition coefficient (Wildman–Crippen LogP) is 11.4. The van der Waals surface area contributed by atoms with Gasteiger partial charge in [-0.05, 0) is 103 Å². The molecule has 0 aromatic heterocycles.